The molecule has 0 aliphatic heterocycles. The molecule has 0 bridgehead atoms. The van der Waals surface area contributed by atoms with Gasteiger partial charge in [-0.3, -0.25) is 4.98 Å². The highest BCUT2D eigenvalue weighted by atomic mass is 16.5. The number of methoxy groups -OCH3 is 1. The van der Waals surface area contributed by atoms with E-state index in [0.29, 0.717) is 13.2 Å². The number of nitrogens with one attached hydrogen (secondary N) is 1. The van der Waals surface area contributed by atoms with Crippen molar-refractivity contribution in [1.29, 1.82) is 0 Å². The lowest BCUT2D eigenvalue weighted by Gasteiger charge is -2.05. The fourth-order valence-corrected chi connectivity index (χ4v) is 1.02. The van der Waals surface area contributed by atoms with Gasteiger partial charge in [-0.15, -0.1) is 0 Å². The number of hydrogen-bond acceptors (Lipinski definition) is 4. The highest BCUT2D eigenvalue weighted by Crippen LogP contribution is 2.08. The lowest BCUT2D eigenvalue weighted by atomic mass is 10.3. The zero-order chi connectivity index (χ0) is 10.2. The van der Waals surface area contributed by atoms with E-state index in [1.54, 1.807) is 13.3 Å². The molecule has 1 rings (SSSR count). The topological polar surface area (TPSA) is 43.4 Å². The summed E-state index contributed by atoms with van der Waals surface area (Å²) in [7, 11) is 3.54. The van der Waals surface area contributed by atoms with Gasteiger partial charge in [0.15, 0.2) is 0 Å². The highest BCUT2D eigenvalue weighted by Gasteiger charge is 1.95. The van der Waals surface area contributed by atoms with Gasteiger partial charge in [-0.25, -0.2) is 0 Å². The van der Waals surface area contributed by atoms with E-state index in [9.17, 15) is 0 Å². The molecule has 0 saturated carbocycles. The second-order valence-corrected chi connectivity index (χ2v) is 2.86. The van der Waals surface area contributed by atoms with Crippen LogP contribution in [-0.2, 0) is 11.3 Å². The number of nitrogens with zero attached hydrogens (tertiary/aromatic N) is 1. The minimum absolute atomic E-state index is 0.559. The molecular weight excluding hydrogens is 180 g/mol. The van der Waals surface area contributed by atoms with Gasteiger partial charge in [0, 0.05) is 13.7 Å². The van der Waals surface area contributed by atoms with Gasteiger partial charge < -0.3 is 14.8 Å². The van der Waals surface area contributed by atoms with Crippen LogP contribution in [-0.4, -0.2) is 32.4 Å². The van der Waals surface area contributed by atoms with Crippen LogP contribution in [0.25, 0.3) is 0 Å². The Hall–Kier alpha value is -1.13. The molecule has 0 unspecified atom stereocenters. The Bertz CT molecular complexity index is 249. The SMILES string of the molecule is CNCc1ccc(OCCOC)cn1. The molecule has 1 aromatic rings. The van der Waals surface area contributed by atoms with Gasteiger partial charge in [0.1, 0.15) is 12.4 Å². The van der Waals surface area contributed by atoms with Crippen molar-refractivity contribution >= 4 is 0 Å². The minimum Gasteiger partial charge on any atom is -0.490 e. The van der Waals surface area contributed by atoms with Crippen LogP contribution in [0.3, 0.4) is 0 Å². The van der Waals surface area contributed by atoms with Gasteiger partial charge in [-0.1, -0.05) is 0 Å². The summed E-state index contributed by atoms with van der Waals surface area (Å²) in [5.74, 6) is 0.780. The molecule has 4 heteroatoms. The summed E-state index contributed by atoms with van der Waals surface area (Å²) in [4.78, 5) is 4.22. The lowest BCUT2D eigenvalue weighted by Crippen LogP contribution is -2.07. The number of aromatic nitrogens is 1. The molecule has 14 heavy (non-hydrogen) atoms. The summed E-state index contributed by atoms with van der Waals surface area (Å²) in [6.45, 7) is 1.93. The van der Waals surface area contributed by atoms with Gasteiger partial charge in [-0.05, 0) is 19.2 Å². The average Bonchev–Trinajstić information content (AvgIpc) is 2.21. The number of hydrogen-bond donors (Lipinski definition) is 1. The third-order valence-electron chi connectivity index (χ3n) is 1.71. The fraction of sp³-hybridized carbons (Fsp3) is 0.500. The molecule has 0 saturated heterocycles. The Morgan fingerprint density at radius 1 is 1.36 bits per heavy atom. The molecule has 78 valence electrons. The van der Waals surface area contributed by atoms with Crippen molar-refractivity contribution in [3.63, 3.8) is 0 Å². The maximum absolute atomic E-state index is 5.37. The van der Waals surface area contributed by atoms with Crippen molar-refractivity contribution in [3.05, 3.63) is 24.0 Å². The second-order valence-electron chi connectivity index (χ2n) is 2.86. The Balaban J connectivity index is 2.38. The van der Waals surface area contributed by atoms with Crippen LogP contribution in [0, 0.1) is 0 Å². The molecule has 0 amide bonds. The van der Waals surface area contributed by atoms with Crippen LogP contribution in [0.4, 0.5) is 0 Å². The number of pyridine rings is 1. The standard InChI is InChI=1S/C10H16N2O2/c1-11-7-9-3-4-10(8-12-9)14-6-5-13-2/h3-4,8,11H,5-7H2,1-2H3. The van der Waals surface area contributed by atoms with Crippen molar-refractivity contribution in [1.82, 2.24) is 10.3 Å². The molecule has 0 aliphatic rings. The minimum atomic E-state index is 0.559. The molecule has 0 spiro atoms. The van der Waals surface area contributed by atoms with Gasteiger partial charge >= 0.3 is 0 Å². The van der Waals surface area contributed by atoms with Gasteiger partial charge in [0.2, 0.25) is 0 Å². The van der Waals surface area contributed by atoms with E-state index < -0.39 is 0 Å². The summed E-state index contributed by atoms with van der Waals surface area (Å²) < 4.78 is 10.2. The summed E-state index contributed by atoms with van der Waals surface area (Å²) in [5, 5.41) is 3.03. The van der Waals surface area contributed by atoms with E-state index in [1.807, 2.05) is 19.2 Å². The van der Waals surface area contributed by atoms with E-state index >= 15 is 0 Å². The fourth-order valence-electron chi connectivity index (χ4n) is 1.02. The predicted molar refractivity (Wildman–Crippen MR) is 54.4 cm³/mol. The van der Waals surface area contributed by atoms with E-state index in [-0.39, 0.29) is 0 Å². The molecular formula is C10H16N2O2. The molecule has 4 nitrogen and oxygen atoms in total. The maximum Gasteiger partial charge on any atom is 0.137 e. The van der Waals surface area contributed by atoms with Crippen LogP contribution < -0.4 is 10.1 Å². The zero-order valence-corrected chi connectivity index (χ0v) is 8.62. The molecule has 0 aromatic carbocycles. The second kappa shape index (κ2) is 6.34. The van der Waals surface area contributed by atoms with Crippen LogP contribution >= 0.6 is 0 Å². The lowest BCUT2D eigenvalue weighted by molar-refractivity contribution is 0.146. The first-order chi connectivity index (χ1) is 6.86. The highest BCUT2D eigenvalue weighted by molar-refractivity contribution is 5.19. The summed E-state index contributed by atoms with van der Waals surface area (Å²) in [5.41, 5.74) is 1.01. The first-order valence-electron chi connectivity index (χ1n) is 4.58. The summed E-state index contributed by atoms with van der Waals surface area (Å²) in [6.07, 6.45) is 1.72. The van der Waals surface area contributed by atoms with Crippen LogP contribution in [0.1, 0.15) is 5.69 Å². The van der Waals surface area contributed by atoms with Crippen molar-refractivity contribution in [2.75, 3.05) is 27.4 Å². The molecule has 0 aliphatic carbocycles. The average molecular weight is 196 g/mol. The van der Waals surface area contributed by atoms with Crippen LogP contribution in [0.15, 0.2) is 18.3 Å². The first kappa shape index (κ1) is 10.9. The monoisotopic (exact) mass is 196 g/mol. The Morgan fingerprint density at radius 2 is 2.21 bits per heavy atom. The molecule has 1 N–H and O–H groups in total. The number of ether oxygens (including phenoxy) is 2. The largest absolute Gasteiger partial charge is 0.490 e. The Kier molecular flexibility index (Phi) is 4.96. The van der Waals surface area contributed by atoms with Crippen molar-refractivity contribution in [2.45, 2.75) is 6.54 Å². The van der Waals surface area contributed by atoms with Crippen molar-refractivity contribution in [2.24, 2.45) is 0 Å². The Labute approximate surface area is 84.3 Å². The zero-order valence-electron chi connectivity index (χ0n) is 8.62. The Morgan fingerprint density at radius 3 is 2.79 bits per heavy atom. The molecule has 1 heterocycles. The normalized spacial score (nSPS) is 10.1. The van der Waals surface area contributed by atoms with E-state index in [1.165, 1.54) is 0 Å². The first-order valence-corrected chi connectivity index (χ1v) is 4.58. The van der Waals surface area contributed by atoms with Crippen LogP contribution in [0.5, 0.6) is 5.75 Å². The quantitative estimate of drug-likeness (QED) is 0.684. The van der Waals surface area contributed by atoms with E-state index in [0.717, 1.165) is 18.0 Å². The summed E-state index contributed by atoms with van der Waals surface area (Å²) in [6, 6.07) is 3.86. The summed E-state index contributed by atoms with van der Waals surface area (Å²) >= 11 is 0. The van der Waals surface area contributed by atoms with Gasteiger partial charge in [-0.2, -0.15) is 0 Å². The molecule has 1 aromatic heterocycles. The third kappa shape index (κ3) is 3.72. The predicted octanol–water partition coefficient (Wildman–Crippen LogP) is 0.826. The van der Waals surface area contributed by atoms with E-state index in [4.69, 9.17) is 9.47 Å². The number of rotatable bonds is 6. The van der Waals surface area contributed by atoms with Crippen molar-refractivity contribution < 1.29 is 9.47 Å². The van der Waals surface area contributed by atoms with Crippen LogP contribution in [0.2, 0.25) is 0 Å². The molecule has 0 fully saturated rings. The maximum atomic E-state index is 5.37. The van der Waals surface area contributed by atoms with Gasteiger partial charge in [0.25, 0.3) is 0 Å². The third-order valence-corrected chi connectivity index (χ3v) is 1.71. The smallest absolute Gasteiger partial charge is 0.137 e. The molecule has 0 radical (unpaired) electrons. The molecule has 0 atom stereocenters. The van der Waals surface area contributed by atoms with E-state index in [2.05, 4.69) is 10.3 Å². The van der Waals surface area contributed by atoms with Gasteiger partial charge in [0.05, 0.1) is 18.5 Å². The van der Waals surface area contributed by atoms with Crippen molar-refractivity contribution in [3.8, 4) is 5.75 Å².